The van der Waals surface area contributed by atoms with E-state index in [1.807, 2.05) is 30.3 Å². The summed E-state index contributed by atoms with van der Waals surface area (Å²) in [6, 6.07) is 11.2. The number of benzene rings is 2. The van der Waals surface area contributed by atoms with E-state index >= 15 is 0 Å². The summed E-state index contributed by atoms with van der Waals surface area (Å²) in [5.74, 6) is 0.356. The lowest BCUT2D eigenvalue weighted by Crippen LogP contribution is -2.09. The van der Waals surface area contributed by atoms with Crippen LogP contribution in [0.15, 0.2) is 40.8 Å². The molecule has 126 valence electrons. The number of carbonyl (C=O) groups excluding carboxylic acids is 1. The summed E-state index contributed by atoms with van der Waals surface area (Å²) < 4.78 is 11.0. The van der Waals surface area contributed by atoms with Crippen LogP contribution < -0.4 is 4.74 Å². The van der Waals surface area contributed by atoms with Crippen molar-refractivity contribution >= 4 is 22.4 Å². The van der Waals surface area contributed by atoms with Gasteiger partial charge in [0.25, 0.3) is 0 Å². The zero-order valence-electron chi connectivity index (χ0n) is 13.6. The minimum Gasteiger partial charge on any atom is -0.496 e. The largest absolute Gasteiger partial charge is 0.496 e. The fourth-order valence-corrected chi connectivity index (χ4v) is 3.51. The second kappa shape index (κ2) is 5.73. The van der Waals surface area contributed by atoms with Crippen molar-refractivity contribution in [1.29, 1.82) is 0 Å². The molecule has 1 aromatic heterocycles. The Morgan fingerprint density at radius 1 is 1.08 bits per heavy atom. The summed E-state index contributed by atoms with van der Waals surface area (Å²) >= 11 is 0. The molecular weight excluding hydrogens is 322 g/mol. The lowest BCUT2D eigenvalue weighted by molar-refractivity contribution is -0.401. The highest BCUT2D eigenvalue weighted by atomic mass is 16.6. The van der Waals surface area contributed by atoms with Crippen LogP contribution in [-0.2, 0) is 6.42 Å². The zero-order chi connectivity index (χ0) is 17.6. The number of hydrogen-bond donors (Lipinski definition) is 0. The molecule has 0 bridgehead atoms. The first kappa shape index (κ1) is 15.4. The smallest absolute Gasteiger partial charge is 0.442 e. The molecule has 0 radical (unpaired) electrons. The molecule has 1 heterocycles. The second-order valence-electron chi connectivity index (χ2n) is 5.98. The van der Waals surface area contributed by atoms with E-state index in [1.54, 1.807) is 6.07 Å². The van der Waals surface area contributed by atoms with Crippen molar-refractivity contribution in [3.63, 3.8) is 0 Å². The van der Waals surface area contributed by atoms with E-state index in [0.29, 0.717) is 41.9 Å². The van der Waals surface area contributed by atoms with E-state index in [4.69, 9.17) is 9.15 Å². The summed E-state index contributed by atoms with van der Waals surface area (Å²) in [6.07, 6.45) is 1.53. The highest BCUT2D eigenvalue weighted by Crippen LogP contribution is 2.47. The molecule has 0 N–H and O–H groups in total. The molecule has 2 aromatic carbocycles. The predicted octanol–water partition coefficient (Wildman–Crippen LogP) is 4.54. The third-order valence-corrected chi connectivity index (χ3v) is 4.58. The summed E-state index contributed by atoms with van der Waals surface area (Å²) in [5.41, 5.74) is 1.10. The first-order valence-corrected chi connectivity index (χ1v) is 8.01. The predicted molar refractivity (Wildman–Crippen MR) is 92.1 cm³/mol. The average molecular weight is 337 g/mol. The molecule has 0 fully saturated rings. The average Bonchev–Trinajstić information content (AvgIpc) is 3.01. The first-order valence-electron chi connectivity index (χ1n) is 8.01. The van der Waals surface area contributed by atoms with Crippen molar-refractivity contribution in [2.24, 2.45) is 0 Å². The fourth-order valence-electron chi connectivity index (χ4n) is 3.51. The highest BCUT2D eigenvalue weighted by molar-refractivity contribution is 6.11. The minimum absolute atomic E-state index is 0.122. The normalized spacial score (nSPS) is 13.7. The van der Waals surface area contributed by atoms with Gasteiger partial charge in [-0.1, -0.05) is 30.3 Å². The van der Waals surface area contributed by atoms with Gasteiger partial charge >= 0.3 is 5.88 Å². The quantitative estimate of drug-likeness (QED) is 0.518. The van der Waals surface area contributed by atoms with Gasteiger partial charge in [-0.3, -0.25) is 14.9 Å². The Morgan fingerprint density at radius 3 is 2.64 bits per heavy atom. The van der Waals surface area contributed by atoms with Crippen molar-refractivity contribution in [2.75, 3.05) is 7.11 Å². The molecule has 3 aromatic rings. The number of carbonyl (C=O) groups is 1. The van der Waals surface area contributed by atoms with E-state index in [0.717, 1.165) is 10.8 Å². The number of hydrogen-bond acceptors (Lipinski definition) is 5. The molecule has 0 amide bonds. The number of nitrogens with zero attached hydrogens (tertiary/aromatic N) is 1. The molecule has 0 aliphatic heterocycles. The van der Waals surface area contributed by atoms with E-state index in [1.165, 1.54) is 7.11 Å². The number of methoxy groups -OCH3 is 1. The number of rotatable bonds is 3. The van der Waals surface area contributed by atoms with Crippen LogP contribution in [0.3, 0.4) is 0 Å². The van der Waals surface area contributed by atoms with Crippen molar-refractivity contribution in [2.45, 2.75) is 19.3 Å². The summed E-state index contributed by atoms with van der Waals surface area (Å²) in [4.78, 5) is 23.6. The van der Waals surface area contributed by atoms with Crippen molar-refractivity contribution in [3.05, 3.63) is 57.8 Å². The van der Waals surface area contributed by atoms with Gasteiger partial charge < -0.3 is 9.15 Å². The Bertz CT molecular complexity index is 1020. The standard InChI is InChI=1S/C19H15NO5/c1-24-14-10-9-11-5-2-3-6-12(11)16(14)18-17-13(21)7-4-8-15(17)25-19(18)20(22)23/h2-3,5-6,9-10H,4,7-8H2,1H3. The maximum Gasteiger partial charge on any atom is 0.442 e. The number of ether oxygens (including phenoxy) is 1. The Kier molecular flexibility index (Phi) is 3.53. The Hall–Kier alpha value is -3.15. The molecule has 0 saturated heterocycles. The molecule has 6 nitrogen and oxygen atoms in total. The van der Waals surface area contributed by atoms with E-state index in [2.05, 4.69) is 0 Å². The SMILES string of the molecule is COc1ccc2ccccc2c1-c1c([N+](=O)[O-])oc2c1C(=O)CCC2. The summed E-state index contributed by atoms with van der Waals surface area (Å²) in [5, 5.41) is 13.3. The van der Waals surface area contributed by atoms with Gasteiger partial charge in [0.15, 0.2) is 5.78 Å². The van der Waals surface area contributed by atoms with E-state index in [-0.39, 0.29) is 11.3 Å². The summed E-state index contributed by atoms with van der Waals surface area (Å²) in [7, 11) is 1.51. The molecule has 0 spiro atoms. The number of aryl methyl sites for hydroxylation is 1. The first-order chi connectivity index (χ1) is 12.1. The monoisotopic (exact) mass is 337 g/mol. The van der Waals surface area contributed by atoms with Crippen molar-refractivity contribution < 1.29 is 18.9 Å². The van der Waals surface area contributed by atoms with Crippen LogP contribution in [0.1, 0.15) is 29.0 Å². The molecule has 0 saturated carbocycles. The fraction of sp³-hybridized carbons (Fsp3) is 0.211. The molecule has 0 unspecified atom stereocenters. The van der Waals surface area contributed by atoms with Gasteiger partial charge in [0.05, 0.1) is 12.7 Å². The molecule has 4 rings (SSSR count). The summed E-state index contributed by atoms with van der Waals surface area (Å²) in [6.45, 7) is 0. The lowest BCUT2D eigenvalue weighted by atomic mass is 9.88. The van der Waals surface area contributed by atoms with Crippen LogP contribution in [0, 0.1) is 10.1 Å². The van der Waals surface area contributed by atoms with Crippen LogP contribution in [0.2, 0.25) is 0 Å². The molecule has 6 heteroatoms. The Labute approximate surface area is 143 Å². The van der Waals surface area contributed by atoms with Crippen molar-refractivity contribution in [1.82, 2.24) is 0 Å². The van der Waals surface area contributed by atoms with Gasteiger partial charge in [0, 0.05) is 18.4 Å². The molecule has 0 atom stereocenters. The molecule has 1 aliphatic carbocycles. The van der Waals surface area contributed by atoms with Gasteiger partial charge in [-0.2, -0.15) is 0 Å². The van der Waals surface area contributed by atoms with Crippen LogP contribution in [-0.4, -0.2) is 17.8 Å². The van der Waals surface area contributed by atoms with Gasteiger partial charge in [0.2, 0.25) is 0 Å². The van der Waals surface area contributed by atoms with Gasteiger partial charge in [-0.15, -0.1) is 0 Å². The van der Waals surface area contributed by atoms with Gasteiger partial charge in [-0.25, -0.2) is 0 Å². The number of furan rings is 1. The number of nitro groups is 1. The Morgan fingerprint density at radius 2 is 1.88 bits per heavy atom. The minimum atomic E-state index is -0.567. The van der Waals surface area contributed by atoms with Crippen LogP contribution in [0.4, 0.5) is 5.88 Å². The second-order valence-corrected chi connectivity index (χ2v) is 5.98. The van der Waals surface area contributed by atoms with E-state index < -0.39 is 10.8 Å². The lowest BCUT2D eigenvalue weighted by Gasteiger charge is -2.13. The maximum atomic E-state index is 12.5. The van der Waals surface area contributed by atoms with Gasteiger partial charge in [-0.05, 0) is 23.3 Å². The van der Waals surface area contributed by atoms with Crippen LogP contribution in [0.5, 0.6) is 5.75 Å². The zero-order valence-corrected chi connectivity index (χ0v) is 13.6. The molecular formula is C19H15NO5. The number of ketones is 1. The van der Waals surface area contributed by atoms with E-state index in [9.17, 15) is 14.9 Å². The third kappa shape index (κ3) is 2.29. The van der Waals surface area contributed by atoms with Gasteiger partial charge in [0.1, 0.15) is 22.0 Å². The molecule has 1 aliphatic rings. The van der Waals surface area contributed by atoms with Crippen LogP contribution >= 0.6 is 0 Å². The Balaban J connectivity index is 2.15. The highest BCUT2D eigenvalue weighted by Gasteiger charge is 2.36. The molecule has 25 heavy (non-hydrogen) atoms. The number of fused-ring (bicyclic) bond motifs is 2. The van der Waals surface area contributed by atoms with Crippen molar-refractivity contribution in [3.8, 4) is 16.9 Å². The van der Waals surface area contributed by atoms with Crippen LogP contribution in [0.25, 0.3) is 21.9 Å². The maximum absolute atomic E-state index is 12.5. The number of Topliss-reactive ketones (excluding diaryl/α,β-unsaturated/α-hetero) is 1. The third-order valence-electron chi connectivity index (χ3n) is 4.58. The topological polar surface area (TPSA) is 82.6 Å².